The predicted molar refractivity (Wildman–Crippen MR) is 105 cm³/mol. The summed E-state index contributed by atoms with van der Waals surface area (Å²) in [4.78, 5) is 13.4. The van der Waals surface area contributed by atoms with Gasteiger partial charge in [-0.1, -0.05) is 24.3 Å². The highest BCUT2D eigenvalue weighted by Gasteiger charge is 2.09. The number of rotatable bonds is 6. The molecule has 0 saturated carbocycles. The summed E-state index contributed by atoms with van der Waals surface area (Å²) in [5.74, 6) is 0.00893. The van der Waals surface area contributed by atoms with E-state index in [4.69, 9.17) is 0 Å². The Balaban J connectivity index is 1.34. The molecule has 1 amide bonds. The van der Waals surface area contributed by atoms with E-state index in [-0.39, 0.29) is 5.91 Å². The Hall–Kier alpha value is -2.86. The van der Waals surface area contributed by atoms with Crippen molar-refractivity contribution in [3.8, 4) is 10.6 Å². The monoisotopic (exact) mass is 364 g/mol. The second-order valence-electron chi connectivity index (χ2n) is 6.22. The minimum Gasteiger partial charge on any atom is -0.353 e. The summed E-state index contributed by atoms with van der Waals surface area (Å²) in [6, 6.07) is 16.3. The Morgan fingerprint density at radius 2 is 2.08 bits per heavy atom. The van der Waals surface area contributed by atoms with E-state index in [1.807, 2.05) is 52.7 Å². The van der Waals surface area contributed by atoms with Crippen LogP contribution in [0, 0.1) is 6.92 Å². The third-order valence-electron chi connectivity index (χ3n) is 4.39. The first kappa shape index (κ1) is 16.6. The molecule has 0 fully saturated rings. The fraction of sp³-hybridized carbons (Fsp3) is 0.200. The molecule has 0 radical (unpaired) electrons. The van der Waals surface area contributed by atoms with Crippen LogP contribution in [-0.4, -0.2) is 26.8 Å². The smallest absolute Gasteiger partial charge is 0.240 e. The Bertz CT molecular complexity index is 1030. The quantitative estimate of drug-likeness (QED) is 0.567. The van der Waals surface area contributed by atoms with Gasteiger partial charge in [0.15, 0.2) is 0 Å². The van der Waals surface area contributed by atoms with E-state index in [0.717, 1.165) is 27.2 Å². The standard InChI is InChI=1S/C20H20N4OS/c1-15-13-17(19-7-4-12-26-19)22-24(15)11-9-21-20(25)14-23-10-8-16-5-2-3-6-18(16)23/h2-8,10,12-13H,9,11,14H2,1H3,(H,21,25). The molecule has 132 valence electrons. The fourth-order valence-electron chi connectivity index (χ4n) is 3.07. The molecule has 0 atom stereocenters. The number of amides is 1. The first-order valence-corrected chi connectivity index (χ1v) is 9.47. The van der Waals surface area contributed by atoms with Crippen LogP contribution in [0.5, 0.6) is 0 Å². The number of carbonyl (C=O) groups excluding carboxylic acids is 1. The number of hydrogen-bond donors (Lipinski definition) is 1. The van der Waals surface area contributed by atoms with Crippen molar-refractivity contribution in [2.45, 2.75) is 20.0 Å². The summed E-state index contributed by atoms with van der Waals surface area (Å²) in [6.45, 7) is 3.59. The van der Waals surface area contributed by atoms with Crippen molar-refractivity contribution in [1.29, 1.82) is 0 Å². The van der Waals surface area contributed by atoms with Crippen LogP contribution in [-0.2, 0) is 17.9 Å². The lowest BCUT2D eigenvalue weighted by Gasteiger charge is -2.08. The van der Waals surface area contributed by atoms with Crippen LogP contribution in [0.15, 0.2) is 60.1 Å². The number of para-hydroxylation sites is 1. The van der Waals surface area contributed by atoms with Crippen molar-refractivity contribution in [3.05, 3.63) is 65.8 Å². The van der Waals surface area contributed by atoms with Gasteiger partial charge in [0.2, 0.25) is 5.91 Å². The van der Waals surface area contributed by atoms with Crippen molar-refractivity contribution in [2.24, 2.45) is 0 Å². The second-order valence-corrected chi connectivity index (χ2v) is 7.17. The average molecular weight is 364 g/mol. The number of fused-ring (bicyclic) bond motifs is 1. The molecule has 0 spiro atoms. The molecule has 5 nitrogen and oxygen atoms in total. The second kappa shape index (κ2) is 7.17. The van der Waals surface area contributed by atoms with Gasteiger partial charge >= 0.3 is 0 Å². The summed E-state index contributed by atoms with van der Waals surface area (Å²) in [7, 11) is 0. The van der Waals surface area contributed by atoms with Gasteiger partial charge < -0.3 is 9.88 Å². The lowest BCUT2D eigenvalue weighted by atomic mass is 10.2. The third-order valence-corrected chi connectivity index (χ3v) is 5.29. The zero-order valence-electron chi connectivity index (χ0n) is 14.6. The summed E-state index contributed by atoms with van der Waals surface area (Å²) in [5.41, 5.74) is 3.16. The number of nitrogens with one attached hydrogen (secondary N) is 1. The molecule has 0 saturated heterocycles. The van der Waals surface area contributed by atoms with E-state index in [2.05, 4.69) is 34.0 Å². The molecule has 0 unspecified atom stereocenters. The van der Waals surface area contributed by atoms with Crippen LogP contribution in [0.1, 0.15) is 5.69 Å². The minimum absolute atomic E-state index is 0.00893. The van der Waals surface area contributed by atoms with Crippen LogP contribution in [0.4, 0.5) is 0 Å². The molecule has 0 aliphatic heterocycles. The number of hydrogen-bond acceptors (Lipinski definition) is 3. The molecule has 4 rings (SSSR count). The predicted octanol–water partition coefficient (Wildman–Crippen LogP) is 3.69. The first-order chi connectivity index (χ1) is 12.7. The summed E-state index contributed by atoms with van der Waals surface area (Å²) < 4.78 is 3.92. The van der Waals surface area contributed by atoms with Crippen molar-refractivity contribution in [2.75, 3.05) is 6.54 Å². The largest absolute Gasteiger partial charge is 0.353 e. The van der Waals surface area contributed by atoms with Gasteiger partial charge in [0.25, 0.3) is 0 Å². The molecular weight excluding hydrogens is 344 g/mol. The van der Waals surface area contributed by atoms with E-state index in [0.29, 0.717) is 19.6 Å². The fourth-order valence-corrected chi connectivity index (χ4v) is 3.75. The molecule has 3 aromatic heterocycles. The lowest BCUT2D eigenvalue weighted by Crippen LogP contribution is -2.30. The highest BCUT2D eigenvalue weighted by Crippen LogP contribution is 2.23. The van der Waals surface area contributed by atoms with Crippen LogP contribution in [0.3, 0.4) is 0 Å². The lowest BCUT2D eigenvalue weighted by molar-refractivity contribution is -0.121. The minimum atomic E-state index is 0.00893. The van der Waals surface area contributed by atoms with Gasteiger partial charge in [-0.2, -0.15) is 5.10 Å². The molecule has 3 heterocycles. The zero-order valence-corrected chi connectivity index (χ0v) is 15.4. The summed E-state index contributed by atoms with van der Waals surface area (Å²) in [6.07, 6.45) is 1.95. The normalized spacial score (nSPS) is 11.1. The Kier molecular flexibility index (Phi) is 4.58. The van der Waals surface area contributed by atoms with Crippen molar-refractivity contribution in [1.82, 2.24) is 19.7 Å². The Morgan fingerprint density at radius 1 is 1.19 bits per heavy atom. The molecule has 0 aliphatic carbocycles. The molecular formula is C20H20N4OS. The number of aromatic nitrogens is 3. The van der Waals surface area contributed by atoms with Crippen LogP contribution >= 0.6 is 11.3 Å². The topological polar surface area (TPSA) is 51.9 Å². The van der Waals surface area contributed by atoms with E-state index < -0.39 is 0 Å². The Labute approximate surface area is 155 Å². The number of aryl methyl sites for hydroxylation is 1. The highest BCUT2D eigenvalue weighted by molar-refractivity contribution is 7.13. The molecule has 1 N–H and O–H groups in total. The summed E-state index contributed by atoms with van der Waals surface area (Å²) >= 11 is 1.68. The van der Waals surface area contributed by atoms with E-state index in [1.165, 1.54) is 0 Å². The van der Waals surface area contributed by atoms with Crippen molar-refractivity contribution in [3.63, 3.8) is 0 Å². The number of nitrogens with zero attached hydrogens (tertiary/aromatic N) is 3. The molecule has 6 heteroatoms. The first-order valence-electron chi connectivity index (χ1n) is 8.59. The maximum Gasteiger partial charge on any atom is 0.240 e. The van der Waals surface area contributed by atoms with Crippen LogP contribution < -0.4 is 5.32 Å². The Morgan fingerprint density at radius 3 is 2.92 bits per heavy atom. The molecule has 0 aliphatic rings. The van der Waals surface area contributed by atoms with E-state index >= 15 is 0 Å². The third kappa shape index (κ3) is 3.41. The van der Waals surface area contributed by atoms with Gasteiger partial charge in [-0.3, -0.25) is 9.48 Å². The van der Waals surface area contributed by atoms with Gasteiger partial charge in [-0.25, -0.2) is 0 Å². The number of carbonyl (C=O) groups is 1. The van der Waals surface area contributed by atoms with Gasteiger partial charge in [-0.05, 0) is 42.0 Å². The molecule has 26 heavy (non-hydrogen) atoms. The van der Waals surface area contributed by atoms with E-state index in [1.54, 1.807) is 11.3 Å². The SMILES string of the molecule is Cc1cc(-c2cccs2)nn1CCNC(=O)Cn1ccc2ccccc21. The summed E-state index contributed by atoms with van der Waals surface area (Å²) in [5, 5.41) is 10.8. The average Bonchev–Trinajstić information content (AvgIpc) is 3.36. The van der Waals surface area contributed by atoms with Crippen LogP contribution in [0.25, 0.3) is 21.5 Å². The van der Waals surface area contributed by atoms with Gasteiger partial charge in [0, 0.05) is 24.0 Å². The maximum absolute atomic E-state index is 12.3. The van der Waals surface area contributed by atoms with Gasteiger partial charge in [-0.15, -0.1) is 11.3 Å². The molecule has 0 bridgehead atoms. The van der Waals surface area contributed by atoms with Crippen LogP contribution in [0.2, 0.25) is 0 Å². The van der Waals surface area contributed by atoms with Gasteiger partial charge in [0.05, 0.1) is 11.4 Å². The maximum atomic E-state index is 12.3. The van der Waals surface area contributed by atoms with Crippen molar-refractivity contribution >= 4 is 28.1 Å². The highest BCUT2D eigenvalue weighted by atomic mass is 32.1. The molecule has 1 aromatic carbocycles. The van der Waals surface area contributed by atoms with E-state index in [9.17, 15) is 4.79 Å². The zero-order chi connectivity index (χ0) is 17.9. The molecule has 4 aromatic rings. The number of thiophene rings is 1. The van der Waals surface area contributed by atoms with Gasteiger partial charge in [0.1, 0.15) is 12.2 Å². The van der Waals surface area contributed by atoms with Crippen molar-refractivity contribution < 1.29 is 4.79 Å². The number of benzene rings is 1.